The van der Waals surface area contributed by atoms with Crippen LogP contribution in [0.15, 0.2) is 18.2 Å². The second-order valence-electron chi connectivity index (χ2n) is 7.43. The minimum Gasteiger partial charge on any atom is -0.326 e. The fourth-order valence-corrected chi connectivity index (χ4v) is 2.28. The zero-order valence-corrected chi connectivity index (χ0v) is 14.6. The van der Waals surface area contributed by atoms with Gasteiger partial charge in [-0.1, -0.05) is 33.8 Å². The van der Waals surface area contributed by atoms with Crippen molar-refractivity contribution in [3.05, 3.63) is 23.8 Å². The molecule has 23 heavy (non-hydrogen) atoms. The van der Waals surface area contributed by atoms with Crippen molar-refractivity contribution in [1.82, 2.24) is 5.32 Å². The van der Waals surface area contributed by atoms with E-state index in [9.17, 15) is 9.59 Å². The lowest BCUT2D eigenvalue weighted by molar-refractivity contribution is -0.123. The summed E-state index contributed by atoms with van der Waals surface area (Å²) in [6.07, 6.45) is 0. The molecular formula is C18H27N3O2. The lowest BCUT2D eigenvalue weighted by Gasteiger charge is -2.31. The SMILES string of the molecule is Cc1ccc(NC(=O)C(C)(C)C)cc1NC(=O)C(C)C1CNC1. The molecule has 5 heteroatoms. The number of aryl methyl sites for hydroxylation is 1. The van der Waals surface area contributed by atoms with Crippen LogP contribution in [0.25, 0.3) is 0 Å². The van der Waals surface area contributed by atoms with Crippen molar-refractivity contribution in [3.8, 4) is 0 Å². The molecule has 1 aromatic rings. The zero-order valence-electron chi connectivity index (χ0n) is 14.6. The van der Waals surface area contributed by atoms with Crippen LogP contribution >= 0.6 is 0 Å². The fourth-order valence-electron chi connectivity index (χ4n) is 2.28. The van der Waals surface area contributed by atoms with Crippen LogP contribution in [0, 0.1) is 24.2 Å². The molecule has 0 saturated carbocycles. The highest BCUT2D eigenvalue weighted by atomic mass is 16.2. The lowest BCUT2D eigenvalue weighted by atomic mass is 9.88. The number of anilines is 2. The highest BCUT2D eigenvalue weighted by Crippen LogP contribution is 2.24. The normalized spacial score (nSPS) is 16.4. The highest BCUT2D eigenvalue weighted by molar-refractivity contribution is 5.97. The summed E-state index contributed by atoms with van der Waals surface area (Å²) in [6.45, 7) is 11.3. The third-order valence-corrected chi connectivity index (χ3v) is 4.37. The Morgan fingerprint density at radius 3 is 2.39 bits per heavy atom. The Labute approximate surface area is 138 Å². The minimum absolute atomic E-state index is 0.0246. The van der Waals surface area contributed by atoms with E-state index in [1.807, 2.05) is 52.8 Å². The summed E-state index contributed by atoms with van der Waals surface area (Å²) in [5, 5.41) is 9.08. The average Bonchev–Trinajstić information content (AvgIpc) is 2.39. The van der Waals surface area contributed by atoms with E-state index in [1.54, 1.807) is 0 Å². The van der Waals surface area contributed by atoms with Gasteiger partial charge in [0.25, 0.3) is 0 Å². The summed E-state index contributed by atoms with van der Waals surface area (Å²) in [6, 6.07) is 5.58. The molecule has 5 nitrogen and oxygen atoms in total. The van der Waals surface area contributed by atoms with E-state index < -0.39 is 5.41 Å². The van der Waals surface area contributed by atoms with E-state index in [4.69, 9.17) is 0 Å². The largest absolute Gasteiger partial charge is 0.326 e. The molecule has 1 unspecified atom stereocenters. The lowest BCUT2D eigenvalue weighted by Crippen LogP contribution is -2.48. The van der Waals surface area contributed by atoms with Gasteiger partial charge in [0.05, 0.1) is 0 Å². The predicted molar refractivity (Wildman–Crippen MR) is 93.4 cm³/mol. The number of rotatable bonds is 4. The fraction of sp³-hybridized carbons (Fsp3) is 0.556. The van der Waals surface area contributed by atoms with E-state index in [2.05, 4.69) is 16.0 Å². The summed E-state index contributed by atoms with van der Waals surface area (Å²) in [5.74, 6) is 0.356. The van der Waals surface area contributed by atoms with Gasteiger partial charge in [-0.15, -0.1) is 0 Å². The van der Waals surface area contributed by atoms with E-state index in [-0.39, 0.29) is 17.7 Å². The third-order valence-electron chi connectivity index (χ3n) is 4.37. The second-order valence-corrected chi connectivity index (χ2v) is 7.43. The first-order valence-electron chi connectivity index (χ1n) is 8.12. The van der Waals surface area contributed by atoms with E-state index in [1.165, 1.54) is 0 Å². The van der Waals surface area contributed by atoms with E-state index in [0.29, 0.717) is 11.6 Å². The van der Waals surface area contributed by atoms with Gasteiger partial charge in [0.1, 0.15) is 0 Å². The number of amides is 2. The Bertz CT molecular complexity index is 601. The van der Waals surface area contributed by atoms with Crippen LogP contribution in [0.5, 0.6) is 0 Å². The molecule has 2 rings (SSSR count). The van der Waals surface area contributed by atoms with Crippen molar-refractivity contribution in [3.63, 3.8) is 0 Å². The van der Waals surface area contributed by atoms with Gasteiger partial charge in [-0.3, -0.25) is 9.59 Å². The van der Waals surface area contributed by atoms with Gasteiger partial charge in [-0.25, -0.2) is 0 Å². The van der Waals surface area contributed by atoms with E-state index in [0.717, 1.165) is 24.3 Å². The summed E-state index contributed by atoms with van der Waals surface area (Å²) >= 11 is 0. The number of benzene rings is 1. The van der Waals surface area contributed by atoms with Crippen molar-refractivity contribution in [1.29, 1.82) is 0 Å². The molecule has 1 aliphatic rings. The van der Waals surface area contributed by atoms with Crippen LogP contribution in [0.4, 0.5) is 11.4 Å². The van der Waals surface area contributed by atoms with Crippen molar-refractivity contribution >= 4 is 23.2 Å². The number of carbonyl (C=O) groups is 2. The zero-order chi connectivity index (χ0) is 17.2. The maximum absolute atomic E-state index is 12.4. The van der Waals surface area contributed by atoms with Gasteiger partial charge in [0, 0.05) is 22.7 Å². The standard InChI is InChI=1S/C18H27N3O2/c1-11-6-7-14(20-17(23)18(3,4)5)8-15(11)21-16(22)12(2)13-9-19-10-13/h6-8,12-13,19H,9-10H2,1-5H3,(H,20,23)(H,21,22). The van der Waals surface area contributed by atoms with E-state index >= 15 is 0 Å². The maximum atomic E-state index is 12.4. The van der Waals surface area contributed by atoms with Crippen LogP contribution in [0.1, 0.15) is 33.3 Å². The summed E-state index contributed by atoms with van der Waals surface area (Å²) in [5.41, 5.74) is 1.97. The van der Waals surface area contributed by atoms with Crippen molar-refractivity contribution in [2.24, 2.45) is 17.3 Å². The molecule has 126 valence electrons. The number of carbonyl (C=O) groups excluding carboxylic acids is 2. The smallest absolute Gasteiger partial charge is 0.229 e. The Kier molecular flexibility index (Phi) is 5.09. The van der Waals surface area contributed by atoms with Gasteiger partial charge < -0.3 is 16.0 Å². The first kappa shape index (κ1) is 17.5. The van der Waals surface area contributed by atoms with Gasteiger partial charge in [0.2, 0.25) is 11.8 Å². The monoisotopic (exact) mass is 317 g/mol. The molecule has 1 atom stereocenters. The number of hydrogen-bond acceptors (Lipinski definition) is 3. The predicted octanol–water partition coefficient (Wildman–Crippen LogP) is 2.77. The number of hydrogen-bond donors (Lipinski definition) is 3. The Balaban J connectivity index is 2.08. The van der Waals surface area contributed by atoms with Gasteiger partial charge >= 0.3 is 0 Å². The Hall–Kier alpha value is -1.88. The van der Waals surface area contributed by atoms with Crippen molar-refractivity contribution in [2.45, 2.75) is 34.6 Å². The van der Waals surface area contributed by atoms with Crippen molar-refractivity contribution in [2.75, 3.05) is 23.7 Å². The Morgan fingerprint density at radius 2 is 1.87 bits per heavy atom. The van der Waals surface area contributed by atoms with Crippen LogP contribution < -0.4 is 16.0 Å². The molecular weight excluding hydrogens is 290 g/mol. The molecule has 1 saturated heterocycles. The van der Waals surface area contributed by atoms with Crippen molar-refractivity contribution < 1.29 is 9.59 Å². The average molecular weight is 317 g/mol. The third kappa shape index (κ3) is 4.32. The van der Waals surface area contributed by atoms with Gasteiger partial charge in [-0.05, 0) is 43.6 Å². The quantitative estimate of drug-likeness (QED) is 0.800. The Morgan fingerprint density at radius 1 is 1.22 bits per heavy atom. The molecule has 0 aromatic heterocycles. The van der Waals surface area contributed by atoms with Gasteiger partial charge in [0.15, 0.2) is 0 Å². The molecule has 3 N–H and O–H groups in total. The first-order chi connectivity index (χ1) is 10.7. The highest BCUT2D eigenvalue weighted by Gasteiger charge is 2.29. The van der Waals surface area contributed by atoms with Crippen LogP contribution in [0.2, 0.25) is 0 Å². The summed E-state index contributed by atoms with van der Waals surface area (Å²) in [4.78, 5) is 24.5. The maximum Gasteiger partial charge on any atom is 0.229 e. The molecule has 0 radical (unpaired) electrons. The molecule has 0 spiro atoms. The van der Waals surface area contributed by atoms with Crippen LogP contribution in [-0.2, 0) is 9.59 Å². The van der Waals surface area contributed by atoms with Crippen LogP contribution in [0.3, 0.4) is 0 Å². The van der Waals surface area contributed by atoms with Crippen LogP contribution in [-0.4, -0.2) is 24.9 Å². The first-order valence-corrected chi connectivity index (χ1v) is 8.12. The molecule has 0 aliphatic carbocycles. The molecule has 1 heterocycles. The number of nitrogens with one attached hydrogen (secondary N) is 3. The molecule has 1 aromatic carbocycles. The topological polar surface area (TPSA) is 70.2 Å². The van der Waals surface area contributed by atoms with Gasteiger partial charge in [-0.2, -0.15) is 0 Å². The minimum atomic E-state index is -0.458. The second kappa shape index (κ2) is 6.71. The molecule has 2 amide bonds. The molecule has 0 bridgehead atoms. The molecule has 1 fully saturated rings. The summed E-state index contributed by atoms with van der Waals surface area (Å²) in [7, 11) is 0. The summed E-state index contributed by atoms with van der Waals surface area (Å²) < 4.78 is 0. The molecule has 1 aliphatic heterocycles.